The number of hydrogen-bond donors (Lipinski definition) is 1. The standard InChI is InChI=1S/C11H22N2O/c1-9(2)8-12-11(14)7-10-5-4-6-13(10)3/h9-10H,4-8H2,1-3H3,(H,12,14). The lowest BCUT2D eigenvalue weighted by Gasteiger charge is -2.18. The van der Waals surface area contributed by atoms with E-state index in [-0.39, 0.29) is 5.91 Å². The van der Waals surface area contributed by atoms with E-state index in [1.54, 1.807) is 0 Å². The van der Waals surface area contributed by atoms with E-state index in [2.05, 4.69) is 31.1 Å². The topological polar surface area (TPSA) is 32.3 Å². The first kappa shape index (κ1) is 11.5. The van der Waals surface area contributed by atoms with Crippen LogP contribution in [-0.4, -0.2) is 37.0 Å². The van der Waals surface area contributed by atoms with Crippen molar-refractivity contribution >= 4 is 5.91 Å². The predicted molar refractivity (Wildman–Crippen MR) is 58.1 cm³/mol. The van der Waals surface area contributed by atoms with Crippen molar-refractivity contribution in [3.8, 4) is 0 Å². The molecule has 0 aromatic heterocycles. The van der Waals surface area contributed by atoms with Crippen LogP contribution in [0.5, 0.6) is 0 Å². The smallest absolute Gasteiger partial charge is 0.221 e. The Morgan fingerprint density at radius 3 is 2.79 bits per heavy atom. The highest BCUT2D eigenvalue weighted by Gasteiger charge is 2.23. The minimum absolute atomic E-state index is 0.206. The molecule has 3 heteroatoms. The van der Waals surface area contributed by atoms with Crippen molar-refractivity contribution in [3.63, 3.8) is 0 Å². The fourth-order valence-electron chi connectivity index (χ4n) is 1.84. The summed E-state index contributed by atoms with van der Waals surface area (Å²) in [4.78, 5) is 13.8. The molecule has 1 atom stereocenters. The number of likely N-dealkylation sites (tertiary alicyclic amines) is 1. The Hall–Kier alpha value is -0.570. The van der Waals surface area contributed by atoms with E-state index in [1.807, 2.05) is 0 Å². The van der Waals surface area contributed by atoms with Crippen LogP contribution in [0.3, 0.4) is 0 Å². The van der Waals surface area contributed by atoms with Crippen molar-refractivity contribution in [1.29, 1.82) is 0 Å². The molecule has 0 aromatic carbocycles. The fraction of sp³-hybridized carbons (Fsp3) is 0.909. The highest BCUT2D eigenvalue weighted by molar-refractivity contribution is 5.76. The molecule has 1 rings (SSSR count). The molecular formula is C11H22N2O. The summed E-state index contributed by atoms with van der Waals surface area (Å²) in [5.74, 6) is 0.748. The number of nitrogens with zero attached hydrogens (tertiary/aromatic N) is 1. The molecule has 1 saturated heterocycles. The average Bonchev–Trinajstić information content (AvgIpc) is 2.49. The molecule has 1 heterocycles. The van der Waals surface area contributed by atoms with Gasteiger partial charge in [-0.15, -0.1) is 0 Å². The van der Waals surface area contributed by atoms with Gasteiger partial charge in [-0.2, -0.15) is 0 Å². The third-order valence-electron chi connectivity index (χ3n) is 2.80. The van der Waals surface area contributed by atoms with Crippen molar-refractivity contribution in [2.45, 2.75) is 39.2 Å². The Kier molecular flexibility index (Phi) is 4.39. The minimum Gasteiger partial charge on any atom is -0.356 e. The summed E-state index contributed by atoms with van der Waals surface area (Å²) in [6, 6.07) is 0.474. The van der Waals surface area contributed by atoms with E-state index in [4.69, 9.17) is 0 Å². The van der Waals surface area contributed by atoms with Crippen molar-refractivity contribution in [3.05, 3.63) is 0 Å². The van der Waals surface area contributed by atoms with Gasteiger partial charge in [0, 0.05) is 19.0 Å². The van der Waals surface area contributed by atoms with Gasteiger partial charge in [0.15, 0.2) is 0 Å². The summed E-state index contributed by atoms with van der Waals surface area (Å²) in [5, 5.41) is 2.96. The Bertz CT molecular complexity index is 192. The van der Waals surface area contributed by atoms with Crippen molar-refractivity contribution in [2.24, 2.45) is 5.92 Å². The van der Waals surface area contributed by atoms with Gasteiger partial charge in [-0.1, -0.05) is 13.8 Å². The molecule has 1 amide bonds. The molecule has 0 spiro atoms. The van der Waals surface area contributed by atoms with E-state index in [0.29, 0.717) is 18.4 Å². The Morgan fingerprint density at radius 2 is 2.29 bits per heavy atom. The van der Waals surface area contributed by atoms with E-state index in [1.165, 1.54) is 12.8 Å². The number of amides is 1. The molecule has 82 valence electrons. The third kappa shape index (κ3) is 3.66. The Labute approximate surface area is 86.9 Å². The maximum Gasteiger partial charge on any atom is 0.221 e. The molecule has 1 unspecified atom stereocenters. The van der Waals surface area contributed by atoms with Crippen LogP contribution >= 0.6 is 0 Å². The summed E-state index contributed by atoms with van der Waals surface area (Å²) in [5.41, 5.74) is 0. The summed E-state index contributed by atoms with van der Waals surface area (Å²) in [7, 11) is 2.10. The quantitative estimate of drug-likeness (QED) is 0.737. The van der Waals surface area contributed by atoms with Crippen LogP contribution in [0.15, 0.2) is 0 Å². The van der Waals surface area contributed by atoms with E-state index in [0.717, 1.165) is 13.1 Å². The highest BCUT2D eigenvalue weighted by Crippen LogP contribution is 2.17. The monoisotopic (exact) mass is 198 g/mol. The van der Waals surface area contributed by atoms with Gasteiger partial charge < -0.3 is 10.2 Å². The van der Waals surface area contributed by atoms with E-state index >= 15 is 0 Å². The third-order valence-corrected chi connectivity index (χ3v) is 2.80. The van der Waals surface area contributed by atoms with Crippen LogP contribution in [0.4, 0.5) is 0 Å². The van der Waals surface area contributed by atoms with Gasteiger partial charge >= 0.3 is 0 Å². The SMILES string of the molecule is CC(C)CNC(=O)CC1CCCN1C. The van der Waals surface area contributed by atoms with Crippen molar-refractivity contribution in [1.82, 2.24) is 10.2 Å². The number of hydrogen-bond acceptors (Lipinski definition) is 2. The second-order valence-electron chi connectivity index (χ2n) is 4.68. The molecule has 3 nitrogen and oxygen atoms in total. The highest BCUT2D eigenvalue weighted by atomic mass is 16.1. The van der Waals surface area contributed by atoms with Gasteiger partial charge in [0.2, 0.25) is 5.91 Å². The van der Waals surface area contributed by atoms with Gasteiger partial charge in [-0.05, 0) is 32.4 Å². The molecular weight excluding hydrogens is 176 g/mol. The van der Waals surface area contributed by atoms with Crippen LogP contribution in [-0.2, 0) is 4.79 Å². The molecule has 14 heavy (non-hydrogen) atoms. The van der Waals surface area contributed by atoms with Crippen molar-refractivity contribution in [2.75, 3.05) is 20.1 Å². The lowest BCUT2D eigenvalue weighted by atomic mass is 10.1. The second-order valence-corrected chi connectivity index (χ2v) is 4.68. The van der Waals surface area contributed by atoms with Crippen LogP contribution in [0.1, 0.15) is 33.1 Å². The van der Waals surface area contributed by atoms with Gasteiger partial charge in [-0.3, -0.25) is 4.79 Å². The van der Waals surface area contributed by atoms with E-state index in [9.17, 15) is 4.79 Å². The van der Waals surface area contributed by atoms with Gasteiger partial charge in [0.05, 0.1) is 0 Å². The molecule has 1 aliphatic heterocycles. The Morgan fingerprint density at radius 1 is 1.57 bits per heavy atom. The first-order chi connectivity index (χ1) is 6.59. The number of carbonyl (C=O) groups is 1. The number of nitrogens with one attached hydrogen (secondary N) is 1. The molecule has 0 saturated carbocycles. The number of carbonyl (C=O) groups excluding carboxylic acids is 1. The molecule has 0 bridgehead atoms. The molecule has 0 aliphatic carbocycles. The van der Waals surface area contributed by atoms with E-state index < -0.39 is 0 Å². The largest absolute Gasteiger partial charge is 0.356 e. The van der Waals surface area contributed by atoms with Crippen LogP contribution in [0.25, 0.3) is 0 Å². The first-order valence-corrected chi connectivity index (χ1v) is 5.56. The lowest BCUT2D eigenvalue weighted by Crippen LogP contribution is -2.34. The summed E-state index contributed by atoms with van der Waals surface area (Å²) < 4.78 is 0. The zero-order chi connectivity index (χ0) is 10.6. The Balaban J connectivity index is 2.19. The zero-order valence-electron chi connectivity index (χ0n) is 9.55. The van der Waals surface area contributed by atoms with Gasteiger partial charge in [-0.25, -0.2) is 0 Å². The molecule has 0 radical (unpaired) electrons. The summed E-state index contributed by atoms with van der Waals surface area (Å²) in [6.07, 6.45) is 3.08. The summed E-state index contributed by atoms with van der Waals surface area (Å²) >= 11 is 0. The fourth-order valence-corrected chi connectivity index (χ4v) is 1.84. The van der Waals surface area contributed by atoms with Gasteiger partial charge in [0.1, 0.15) is 0 Å². The molecule has 0 aromatic rings. The normalized spacial score (nSPS) is 23.0. The second kappa shape index (κ2) is 5.35. The van der Waals surface area contributed by atoms with Crippen molar-refractivity contribution < 1.29 is 4.79 Å². The predicted octanol–water partition coefficient (Wildman–Crippen LogP) is 1.24. The van der Waals surface area contributed by atoms with Crippen LogP contribution in [0.2, 0.25) is 0 Å². The molecule has 1 aliphatic rings. The maximum atomic E-state index is 11.5. The maximum absolute atomic E-state index is 11.5. The van der Waals surface area contributed by atoms with Crippen LogP contribution < -0.4 is 5.32 Å². The van der Waals surface area contributed by atoms with Gasteiger partial charge in [0.25, 0.3) is 0 Å². The zero-order valence-corrected chi connectivity index (χ0v) is 9.55. The average molecular weight is 198 g/mol. The first-order valence-electron chi connectivity index (χ1n) is 5.56. The molecule has 1 fully saturated rings. The number of rotatable bonds is 4. The summed E-state index contributed by atoms with van der Waals surface area (Å²) in [6.45, 7) is 6.17. The van der Waals surface area contributed by atoms with Crippen LogP contribution in [0, 0.1) is 5.92 Å². The molecule has 1 N–H and O–H groups in total. The lowest BCUT2D eigenvalue weighted by molar-refractivity contribution is -0.122. The minimum atomic E-state index is 0.206.